The van der Waals surface area contributed by atoms with E-state index in [9.17, 15) is 4.79 Å². The zero-order valence-electron chi connectivity index (χ0n) is 15.3. The quantitative estimate of drug-likeness (QED) is 0.835. The summed E-state index contributed by atoms with van der Waals surface area (Å²) in [7, 11) is 0. The number of hydrogen-bond donors (Lipinski definition) is 2. The lowest BCUT2D eigenvalue weighted by Crippen LogP contribution is -2.47. The number of nitrogens with zero attached hydrogens (tertiary/aromatic N) is 3. The second kappa shape index (κ2) is 6.68. The Kier molecular flexibility index (Phi) is 4.54. The summed E-state index contributed by atoms with van der Waals surface area (Å²) in [4.78, 5) is 20.0. The molecule has 0 bridgehead atoms. The fourth-order valence-corrected chi connectivity index (χ4v) is 4.73. The Morgan fingerprint density at radius 1 is 1.44 bits per heavy atom. The molecule has 1 amide bonds. The molecule has 1 aromatic rings. The van der Waals surface area contributed by atoms with Gasteiger partial charge in [-0.15, -0.1) is 0 Å². The van der Waals surface area contributed by atoms with Crippen LogP contribution in [0, 0.1) is 11.3 Å². The van der Waals surface area contributed by atoms with Crippen LogP contribution in [-0.2, 0) is 11.3 Å². The Morgan fingerprint density at radius 2 is 2.24 bits per heavy atom. The van der Waals surface area contributed by atoms with Gasteiger partial charge in [-0.1, -0.05) is 31.8 Å². The summed E-state index contributed by atoms with van der Waals surface area (Å²) in [6.45, 7) is 8.00. The van der Waals surface area contributed by atoms with Crippen LogP contribution in [0.25, 0.3) is 0 Å². The van der Waals surface area contributed by atoms with E-state index in [1.165, 1.54) is 25.7 Å². The molecule has 0 radical (unpaired) electrons. The minimum absolute atomic E-state index is 0.132. The van der Waals surface area contributed by atoms with Crippen LogP contribution >= 0.6 is 0 Å². The maximum atomic E-state index is 13.1. The summed E-state index contributed by atoms with van der Waals surface area (Å²) in [5.41, 5.74) is -0.302. The van der Waals surface area contributed by atoms with Gasteiger partial charge < -0.3 is 15.2 Å². The maximum Gasteiger partial charge on any atom is 0.246 e. The molecule has 2 N–H and O–H groups in total. The number of carbonyl (C=O) groups is 1. The zero-order chi connectivity index (χ0) is 17.4. The van der Waals surface area contributed by atoms with Crippen molar-refractivity contribution in [3.63, 3.8) is 0 Å². The molecule has 2 saturated heterocycles. The normalized spacial score (nSPS) is 30.3. The van der Waals surface area contributed by atoms with Gasteiger partial charge in [-0.2, -0.15) is 4.98 Å². The number of hydrogen-bond acceptors (Lipinski definition) is 6. The Morgan fingerprint density at radius 3 is 2.96 bits per heavy atom. The van der Waals surface area contributed by atoms with E-state index in [0.29, 0.717) is 30.2 Å². The summed E-state index contributed by atoms with van der Waals surface area (Å²) < 4.78 is 5.25. The molecule has 0 unspecified atom stereocenters. The first-order valence-electron chi connectivity index (χ1n) is 9.64. The average Bonchev–Trinajstić information content (AvgIpc) is 3.34. The smallest absolute Gasteiger partial charge is 0.246 e. The lowest BCUT2D eigenvalue weighted by Gasteiger charge is -2.28. The molecule has 7 nitrogen and oxygen atoms in total. The number of amides is 1. The lowest BCUT2D eigenvalue weighted by molar-refractivity contribution is -0.131. The van der Waals surface area contributed by atoms with Gasteiger partial charge in [-0.05, 0) is 12.8 Å². The van der Waals surface area contributed by atoms with Gasteiger partial charge in [0.25, 0.3) is 0 Å². The van der Waals surface area contributed by atoms with Gasteiger partial charge >= 0.3 is 0 Å². The van der Waals surface area contributed by atoms with Crippen molar-refractivity contribution >= 4 is 5.91 Å². The van der Waals surface area contributed by atoms with Crippen LogP contribution in [-0.4, -0.2) is 53.2 Å². The van der Waals surface area contributed by atoms with E-state index in [2.05, 4.69) is 25.7 Å². The highest BCUT2D eigenvalue weighted by Gasteiger charge is 2.55. The molecule has 2 atom stereocenters. The van der Waals surface area contributed by atoms with Crippen molar-refractivity contribution in [3.05, 3.63) is 11.7 Å². The highest BCUT2D eigenvalue weighted by Crippen LogP contribution is 2.42. The van der Waals surface area contributed by atoms with Crippen LogP contribution in [0.2, 0.25) is 0 Å². The SMILES string of the molecule is CC(C)c1noc(CNC(=O)[C@@]23CNC[C@@H]2CN(C2CCCC2)C3)n1. The first-order valence-corrected chi connectivity index (χ1v) is 9.64. The highest BCUT2D eigenvalue weighted by atomic mass is 16.5. The third-order valence-electron chi connectivity index (χ3n) is 6.25. The number of fused-ring (bicyclic) bond motifs is 1. The van der Waals surface area contributed by atoms with E-state index >= 15 is 0 Å². The van der Waals surface area contributed by atoms with Gasteiger partial charge in [-0.3, -0.25) is 9.69 Å². The van der Waals surface area contributed by atoms with E-state index in [0.717, 1.165) is 26.2 Å². The number of carbonyl (C=O) groups excluding carboxylic acids is 1. The van der Waals surface area contributed by atoms with Crippen molar-refractivity contribution in [3.8, 4) is 0 Å². The van der Waals surface area contributed by atoms with Crippen molar-refractivity contribution in [2.75, 3.05) is 26.2 Å². The third-order valence-corrected chi connectivity index (χ3v) is 6.25. The molecular formula is C18H29N5O2. The van der Waals surface area contributed by atoms with Crippen LogP contribution in [0.5, 0.6) is 0 Å². The third kappa shape index (κ3) is 3.08. The molecule has 138 valence electrons. The molecule has 25 heavy (non-hydrogen) atoms. The molecular weight excluding hydrogens is 318 g/mol. The lowest BCUT2D eigenvalue weighted by atomic mass is 9.80. The number of likely N-dealkylation sites (tertiary alicyclic amines) is 1. The number of aromatic nitrogens is 2. The largest absolute Gasteiger partial charge is 0.346 e. The van der Waals surface area contributed by atoms with Gasteiger partial charge in [0, 0.05) is 44.1 Å². The molecule has 0 spiro atoms. The second-order valence-electron chi connectivity index (χ2n) is 8.24. The maximum absolute atomic E-state index is 13.1. The average molecular weight is 347 g/mol. The molecule has 1 saturated carbocycles. The molecule has 0 aromatic carbocycles. The van der Waals surface area contributed by atoms with Crippen LogP contribution in [0.15, 0.2) is 4.52 Å². The Labute approximate surface area is 148 Å². The molecule has 1 aromatic heterocycles. The highest BCUT2D eigenvalue weighted by molar-refractivity contribution is 5.84. The van der Waals surface area contributed by atoms with Crippen LogP contribution in [0.3, 0.4) is 0 Å². The summed E-state index contributed by atoms with van der Waals surface area (Å²) in [5, 5.41) is 10.5. The van der Waals surface area contributed by atoms with Gasteiger partial charge in [0.2, 0.25) is 11.8 Å². The molecule has 2 aliphatic heterocycles. The summed E-state index contributed by atoms with van der Waals surface area (Å²) in [5.74, 6) is 1.94. The fraction of sp³-hybridized carbons (Fsp3) is 0.833. The van der Waals surface area contributed by atoms with E-state index in [1.807, 2.05) is 13.8 Å². The zero-order valence-corrected chi connectivity index (χ0v) is 15.3. The fourth-order valence-electron chi connectivity index (χ4n) is 4.73. The van der Waals surface area contributed by atoms with Crippen LogP contribution < -0.4 is 10.6 Å². The molecule has 3 aliphatic rings. The van der Waals surface area contributed by atoms with Crippen molar-refractivity contribution in [2.45, 2.75) is 58.0 Å². The Hall–Kier alpha value is -1.47. The van der Waals surface area contributed by atoms with E-state index in [1.54, 1.807) is 0 Å². The standard InChI is InChI=1S/C18H29N5O2/c1-12(2)16-21-15(25-22-16)8-20-17(24)18-10-19-7-13(18)9-23(11-18)14-5-3-4-6-14/h12-14,19H,3-11H2,1-2H3,(H,20,24)/t13-,18-/m1/s1. The minimum atomic E-state index is -0.302. The summed E-state index contributed by atoms with van der Waals surface area (Å²) >= 11 is 0. The molecule has 3 fully saturated rings. The van der Waals surface area contributed by atoms with E-state index in [4.69, 9.17) is 4.52 Å². The molecule has 4 rings (SSSR count). The minimum Gasteiger partial charge on any atom is -0.346 e. The van der Waals surface area contributed by atoms with E-state index < -0.39 is 0 Å². The first kappa shape index (κ1) is 17.0. The number of nitrogens with one attached hydrogen (secondary N) is 2. The Balaban J connectivity index is 1.40. The molecule has 3 heterocycles. The first-order chi connectivity index (χ1) is 12.1. The van der Waals surface area contributed by atoms with Crippen molar-refractivity contribution in [1.82, 2.24) is 25.7 Å². The van der Waals surface area contributed by atoms with Gasteiger partial charge in [0.05, 0.1) is 12.0 Å². The second-order valence-corrected chi connectivity index (χ2v) is 8.24. The van der Waals surface area contributed by atoms with Crippen molar-refractivity contribution in [2.24, 2.45) is 11.3 Å². The van der Waals surface area contributed by atoms with Gasteiger partial charge in [0.1, 0.15) is 0 Å². The molecule has 1 aliphatic carbocycles. The van der Waals surface area contributed by atoms with Crippen LogP contribution in [0.4, 0.5) is 0 Å². The number of rotatable bonds is 5. The summed E-state index contributed by atoms with van der Waals surface area (Å²) in [6.07, 6.45) is 5.24. The van der Waals surface area contributed by atoms with Crippen molar-refractivity contribution in [1.29, 1.82) is 0 Å². The topological polar surface area (TPSA) is 83.3 Å². The van der Waals surface area contributed by atoms with E-state index in [-0.39, 0.29) is 17.2 Å². The summed E-state index contributed by atoms with van der Waals surface area (Å²) in [6, 6.07) is 0.680. The molecule has 7 heteroatoms. The van der Waals surface area contributed by atoms with Crippen LogP contribution in [0.1, 0.15) is 57.2 Å². The van der Waals surface area contributed by atoms with Gasteiger partial charge in [-0.25, -0.2) is 0 Å². The predicted octanol–water partition coefficient (Wildman–Crippen LogP) is 1.27. The predicted molar refractivity (Wildman–Crippen MR) is 92.9 cm³/mol. The monoisotopic (exact) mass is 347 g/mol. The van der Waals surface area contributed by atoms with Gasteiger partial charge in [0.15, 0.2) is 5.82 Å². The Bertz CT molecular complexity index is 625. The van der Waals surface area contributed by atoms with Crippen molar-refractivity contribution < 1.29 is 9.32 Å².